The van der Waals surface area contributed by atoms with Crippen molar-refractivity contribution in [1.82, 2.24) is 10.2 Å². The average molecular weight is 418 g/mol. The van der Waals surface area contributed by atoms with Crippen LogP contribution >= 0.6 is 0 Å². The highest BCUT2D eigenvalue weighted by molar-refractivity contribution is 5.93. The van der Waals surface area contributed by atoms with Crippen LogP contribution < -0.4 is 10.6 Å². The van der Waals surface area contributed by atoms with Crippen LogP contribution in [0, 0.1) is 18.6 Å². The summed E-state index contributed by atoms with van der Waals surface area (Å²) in [6.45, 7) is 6.25. The summed E-state index contributed by atoms with van der Waals surface area (Å²) >= 11 is 0. The topological polar surface area (TPSA) is 61.4 Å². The fourth-order valence-corrected chi connectivity index (χ4v) is 3.24. The fourth-order valence-electron chi connectivity index (χ4n) is 3.24. The van der Waals surface area contributed by atoms with Crippen LogP contribution in [0.4, 0.5) is 14.5 Å². The quantitative estimate of drug-likeness (QED) is 0.620. The molecule has 1 unspecified atom stereocenters. The monoisotopic (exact) mass is 417 g/mol. The first kappa shape index (κ1) is 23.5. The Morgan fingerprint density at radius 3 is 2.27 bits per heavy atom. The summed E-state index contributed by atoms with van der Waals surface area (Å²) in [5.41, 5.74) is 1.65. The second-order valence-corrected chi connectivity index (χ2v) is 7.45. The third kappa shape index (κ3) is 7.22. The number of hydrogen-bond acceptors (Lipinski definition) is 3. The standard InChI is InChI=1S/C23H29F2N3O2/c1-4-12-28(15-23(30)27-21-11-6-5-8-16(21)2)14-22(29)26-17(3)13-18-19(24)9-7-10-20(18)25/h5-11,17H,4,12-15H2,1-3H3,(H,26,29)(H,27,30). The molecule has 162 valence electrons. The van der Waals surface area contributed by atoms with Crippen LogP contribution in [0.1, 0.15) is 31.4 Å². The molecule has 0 aromatic heterocycles. The maximum atomic E-state index is 13.8. The van der Waals surface area contributed by atoms with Crippen molar-refractivity contribution in [1.29, 1.82) is 0 Å². The van der Waals surface area contributed by atoms with Gasteiger partial charge >= 0.3 is 0 Å². The van der Waals surface area contributed by atoms with Gasteiger partial charge in [-0.15, -0.1) is 0 Å². The van der Waals surface area contributed by atoms with Crippen LogP contribution in [-0.4, -0.2) is 42.4 Å². The van der Waals surface area contributed by atoms with E-state index in [-0.39, 0.29) is 36.9 Å². The molecule has 0 saturated carbocycles. The molecule has 2 rings (SSSR count). The number of amides is 2. The lowest BCUT2D eigenvalue weighted by Gasteiger charge is -2.22. The molecular formula is C23H29F2N3O2. The number of nitrogens with one attached hydrogen (secondary N) is 2. The summed E-state index contributed by atoms with van der Waals surface area (Å²) in [4.78, 5) is 26.6. The number of aryl methyl sites for hydroxylation is 1. The number of halogens is 2. The van der Waals surface area contributed by atoms with E-state index in [2.05, 4.69) is 10.6 Å². The number of carbonyl (C=O) groups is 2. The molecule has 7 heteroatoms. The molecule has 2 N–H and O–H groups in total. The van der Waals surface area contributed by atoms with E-state index >= 15 is 0 Å². The molecule has 30 heavy (non-hydrogen) atoms. The van der Waals surface area contributed by atoms with Crippen LogP contribution in [0.5, 0.6) is 0 Å². The van der Waals surface area contributed by atoms with Gasteiger partial charge in [0.2, 0.25) is 11.8 Å². The Morgan fingerprint density at radius 1 is 1.00 bits per heavy atom. The minimum atomic E-state index is -0.628. The molecule has 0 spiro atoms. The number of benzene rings is 2. The predicted octanol–water partition coefficient (Wildman–Crippen LogP) is 3.67. The molecular weight excluding hydrogens is 388 g/mol. The lowest BCUT2D eigenvalue weighted by Crippen LogP contribution is -2.44. The summed E-state index contributed by atoms with van der Waals surface area (Å²) in [5, 5.41) is 5.62. The zero-order valence-corrected chi connectivity index (χ0v) is 17.7. The molecule has 5 nitrogen and oxygen atoms in total. The molecule has 0 radical (unpaired) electrons. The maximum absolute atomic E-state index is 13.8. The van der Waals surface area contributed by atoms with E-state index < -0.39 is 17.7 Å². The molecule has 0 aliphatic carbocycles. The van der Waals surface area contributed by atoms with Crippen LogP contribution in [-0.2, 0) is 16.0 Å². The van der Waals surface area contributed by atoms with E-state index in [1.165, 1.54) is 18.2 Å². The Hall–Kier alpha value is -2.80. The van der Waals surface area contributed by atoms with Crippen molar-refractivity contribution in [3.05, 3.63) is 65.2 Å². The first-order valence-electron chi connectivity index (χ1n) is 10.1. The van der Waals surface area contributed by atoms with Gasteiger partial charge in [-0.25, -0.2) is 8.78 Å². The highest BCUT2D eigenvalue weighted by Gasteiger charge is 2.18. The van der Waals surface area contributed by atoms with Crippen molar-refractivity contribution in [2.24, 2.45) is 0 Å². The van der Waals surface area contributed by atoms with E-state index in [1.54, 1.807) is 11.8 Å². The molecule has 1 atom stereocenters. The molecule has 0 saturated heterocycles. The number of hydrogen-bond donors (Lipinski definition) is 2. The number of para-hydroxylation sites is 1. The van der Waals surface area contributed by atoms with Gasteiger partial charge in [0.15, 0.2) is 0 Å². The molecule has 0 fully saturated rings. The molecule has 0 bridgehead atoms. The minimum absolute atomic E-state index is 0.0269. The Balaban J connectivity index is 1.89. The zero-order valence-electron chi connectivity index (χ0n) is 17.7. The maximum Gasteiger partial charge on any atom is 0.238 e. The van der Waals surface area contributed by atoms with Crippen molar-refractivity contribution in [2.75, 3.05) is 25.0 Å². The number of carbonyl (C=O) groups excluding carboxylic acids is 2. The third-order valence-corrected chi connectivity index (χ3v) is 4.67. The van der Waals surface area contributed by atoms with Crippen molar-refractivity contribution in [3.8, 4) is 0 Å². The highest BCUT2D eigenvalue weighted by atomic mass is 19.1. The molecule has 0 aliphatic rings. The van der Waals surface area contributed by atoms with Gasteiger partial charge in [0.05, 0.1) is 13.1 Å². The summed E-state index contributed by atoms with van der Waals surface area (Å²) < 4.78 is 27.6. The van der Waals surface area contributed by atoms with Crippen molar-refractivity contribution >= 4 is 17.5 Å². The van der Waals surface area contributed by atoms with Gasteiger partial charge in [0.25, 0.3) is 0 Å². The zero-order chi connectivity index (χ0) is 22.1. The van der Waals surface area contributed by atoms with E-state index in [1.807, 2.05) is 38.1 Å². The van der Waals surface area contributed by atoms with Gasteiger partial charge in [-0.2, -0.15) is 0 Å². The van der Waals surface area contributed by atoms with Gasteiger partial charge in [-0.05, 0) is 57.0 Å². The SMILES string of the molecule is CCCN(CC(=O)Nc1ccccc1C)CC(=O)NC(C)Cc1c(F)cccc1F. The smallest absolute Gasteiger partial charge is 0.238 e. The summed E-state index contributed by atoms with van der Waals surface area (Å²) in [6, 6.07) is 10.7. The molecule has 2 aromatic rings. The second-order valence-electron chi connectivity index (χ2n) is 7.45. The van der Waals surface area contributed by atoms with Gasteiger partial charge in [-0.3, -0.25) is 14.5 Å². The lowest BCUT2D eigenvalue weighted by atomic mass is 10.1. The van der Waals surface area contributed by atoms with E-state index in [4.69, 9.17) is 0 Å². The van der Waals surface area contributed by atoms with Crippen molar-refractivity contribution in [3.63, 3.8) is 0 Å². The van der Waals surface area contributed by atoms with E-state index in [9.17, 15) is 18.4 Å². The second kappa shape index (κ2) is 11.4. The van der Waals surface area contributed by atoms with Crippen molar-refractivity contribution < 1.29 is 18.4 Å². The van der Waals surface area contributed by atoms with Gasteiger partial charge in [-0.1, -0.05) is 31.2 Å². The Bertz CT molecular complexity index is 853. The molecule has 0 aliphatic heterocycles. The highest BCUT2D eigenvalue weighted by Crippen LogP contribution is 2.14. The first-order chi connectivity index (χ1) is 14.3. The molecule has 2 amide bonds. The minimum Gasteiger partial charge on any atom is -0.352 e. The molecule has 2 aromatic carbocycles. The Morgan fingerprint density at radius 2 is 1.63 bits per heavy atom. The van der Waals surface area contributed by atoms with E-state index in [0.29, 0.717) is 6.54 Å². The van der Waals surface area contributed by atoms with Crippen LogP contribution in [0.3, 0.4) is 0 Å². The average Bonchev–Trinajstić information content (AvgIpc) is 2.66. The fraction of sp³-hybridized carbons (Fsp3) is 0.391. The Kier molecular flexibility index (Phi) is 8.92. The lowest BCUT2D eigenvalue weighted by molar-refractivity contribution is -0.123. The van der Waals surface area contributed by atoms with E-state index in [0.717, 1.165) is 17.7 Å². The molecule has 0 heterocycles. The number of anilines is 1. The van der Waals surface area contributed by atoms with Gasteiger partial charge < -0.3 is 10.6 Å². The van der Waals surface area contributed by atoms with Gasteiger partial charge in [0, 0.05) is 17.3 Å². The summed E-state index contributed by atoms with van der Waals surface area (Å²) in [7, 11) is 0. The normalized spacial score (nSPS) is 11.9. The number of nitrogens with zero attached hydrogens (tertiary/aromatic N) is 1. The predicted molar refractivity (Wildman–Crippen MR) is 114 cm³/mol. The first-order valence-corrected chi connectivity index (χ1v) is 10.1. The summed E-state index contributed by atoms with van der Waals surface area (Å²) in [5.74, 6) is -1.75. The van der Waals surface area contributed by atoms with Crippen LogP contribution in [0.15, 0.2) is 42.5 Å². The van der Waals surface area contributed by atoms with Crippen LogP contribution in [0.2, 0.25) is 0 Å². The van der Waals surface area contributed by atoms with Crippen LogP contribution in [0.25, 0.3) is 0 Å². The largest absolute Gasteiger partial charge is 0.352 e. The summed E-state index contributed by atoms with van der Waals surface area (Å²) in [6.07, 6.45) is 0.826. The van der Waals surface area contributed by atoms with Crippen molar-refractivity contribution in [2.45, 2.75) is 39.7 Å². The Labute approximate surface area is 176 Å². The number of rotatable bonds is 10. The van der Waals surface area contributed by atoms with Gasteiger partial charge in [0.1, 0.15) is 11.6 Å². The third-order valence-electron chi connectivity index (χ3n) is 4.67.